The third-order valence-electron chi connectivity index (χ3n) is 3.37. The molecule has 0 radical (unpaired) electrons. The van der Waals surface area contributed by atoms with E-state index in [1.54, 1.807) is 6.07 Å². The van der Waals surface area contributed by atoms with Gasteiger partial charge in [-0.2, -0.15) is 0 Å². The van der Waals surface area contributed by atoms with Gasteiger partial charge in [0.05, 0.1) is 5.52 Å². The fraction of sp³-hybridized carbons (Fsp3) is 0.118. The molecule has 1 aromatic heterocycles. The Morgan fingerprint density at radius 3 is 2.62 bits per heavy atom. The van der Waals surface area contributed by atoms with Gasteiger partial charge in [0.15, 0.2) is 0 Å². The summed E-state index contributed by atoms with van der Waals surface area (Å²) in [7, 11) is 0. The summed E-state index contributed by atoms with van der Waals surface area (Å²) < 4.78 is 14.1. The molecule has 2 nitrogen and oxygen atoms in total. The van der Waals surface area contributed by atoms with Crippen LogP contribution in [0.15, 0.2) is 53.0 Å². The number of aryl methyl sites for hydroxylation is 1. The van der Waals surface area contributed by atoms with Crippen molar-refractivity contribution in [3.8, 4) is 0 Å². The van der Waals surface area contributed by atoms with Crippen LogP contribution in [0.5, 0.6) is 0 Å². The monoisotopic (exact) mass is 345 g/mol. The van der Waals surface area contributed by atoms with E-state index in [-0.39, 0.29) is 5.82 Å². The van der Waals surface area contributed by atoms with Crippen molar-refractivity contribution >= 4 is 26.8 Å². The second-order valence-electron chi connectivity index (χ2n) is 5.01. The highest BCUT2D eigenvalue weighted by atomic mass is 79.9. The first-order valence-electron chi connectivity index (χ1n) is 6.54. The molecule has 0 aliphatic heterocycles. The van der Waals surface area contributed by atoms with Gasteiger partial charge < -0.3 is 5.11 Å². The van der Waals surface area contributed by atoms with Gasteiger partial charge in [-0.1, -0.05) is 28.1 Å². The lowest BCUT2D eigenvalue weighted by Crippen LogP contribution is -2.00. The maximum absolute atomic E-state index is 13.5. The second kappa shape index (κ2) is 5.54. The van der Waals surface area contributed by atoms with E-state index in [4.69, 9.17) is 0 Å². The van der Waals surface area contributed by atoms with Crippen LogP contribution >= 0.6 is 15.9 Å². The van der Waals surface area contributed by atoms with Gasteiger partial charge in [0.1, 0.15) is 11.9 Å². The lowest BCUT2D eigenvalue weighted by Gasteiger charge is -2.13. The van der Waals surface area contributed by atoms with Crippen molar-refractivity contribution in [2.24, 2.45) is 0 Å². The Morgan fingerprint density at radius 2 is 1.86 bits per heavy atom. The average molecular weight is 346 g/mol. The van der Waals surface area contributed by atoms with E-state index < -0.39 is 6.10 Å². The Labute approximate surface area is 130 Å². The lowest BCUT2D eigenvalue weighted by molar-refractivity contribution is 0.220. The second-order valence-corrected chi connectivity index (χ2v) is 5.93. The van der Waals surface area contributed by atoms with Gasteiger partial charge in [-0.05, 0) is 54.4 Å². The summed E-state index contributed by atoms with van der Waals surface area (Å²) in [6, 6.07) is 13.9. The van der Waals surface area contributed by atoms with Crippen LogP contribution in [0.2, 0.25) is 0 Å². The zero-order chi connectivity index (χ0) is 15.0. The highest BCUT2D eigenvalue weighted by Gasteiger charge is 2.13. The molecule has 0 bridgehead atoms. The summed E-state index contributed by atoms with van der Waals surface area (Å²) in [5.41, 5.74) is 3.06. The SMILES string of the molecule is Cc1ccc2cc(C(O)c3cc(F)cc(Br)c3)ccc2n1. The van der Waals surface area contributed by atoms with E-state index >= 15 is 0 Å². The van der Waals surface area contributed by atoms with Crippen molar-refractivity contribution in [1.29, 1.82) is 0 Å². The molecule has 1 heterocycles. The maximum atomic E-state index is 13.5. The molecule has 3 aromatic rings. The van der Waals surface area contributed by atoms with Gasteiger partial charge in [0, 0.05) is 15.6 Å². The van der Waals surface area contributed by atoms with Crippen molar-refractivity contribution in [3.05, 3.63) is 75.6 Å². The van der Waals surface area contributed by atoms with Crippen molar-refractivity contribution in [1.82, 2.24) is 4.98 Å². The topological polar surface area (TPSA) is 33.1 Å². The van der Waals surface area contributed by atoms with E-state index in [2.05, 4.69) is 20.9 Å². The highest BCUT2D eigenvalue weighted by Crippen LogP contribution is 2.27. The van der Waals surface area contributed by atoms with E-state index in [0.717, 1.165) is 16.6 Å². The van der Waals surface area contributed by atoms with Crippen LogP contribution < -0.4 is 0 Å². The van der Waals surface area contributed by atoms with Gasteiger partial charge >= 0.3 is 0 Å². The molecule has 1 unspecified atom stereocenters. The lowest BCUT2D eigenvalue weighted by atomic mass is 10.00. The minimum atomic E-state index is -0.872. The van der Waals surface area contributed by atoms with Crippen LogP contribution in [0, 0.1) is 12.7 Å². The standard InChI is InChI=1S/C17H13BrFNO/c1-10-2-3-11-6-12(4-5-16(11)20-10)17(21)13-7-14(18)9-15(19)8-13/h2-9,17,21H,1H3. The number of aliphatic hydroxyl groups excluding tert-OH is 1. The van der Waals surface area contributed by atoms with Gasteiger partial charge in [0.25, 0.3) is 0 Å². The molecule has 0 saturated heterocycles. The van der Waals surface area contributed by atoms with Gasteiger partial charge in [0.2, 0.25) is 0 Å². The molecule has 21 heavy (non-hydrogen) atoms. The Kier molecular flexibility index (Phi) is 3.74. The Balaban J connectivity index is 2.04. The minimum absolute atomic E-state index is 0.378. The summed E-state index contributed by atoms with van der Waals surface area (Å²) in [5, 5.41) is 11.4. The van der Waals surface area contributed by atoms with Crippen LogP contribution in [0.4, 0.5) is 4.39 Å². The molecule has 3 rings (SSSR count). The normalized spacial score (nSPS) is 12.6. The zero-order valence-electron chi connectivity index (χ0n) is 11.3. The fourth-order valence-corrected chi connectivity index (χ4v) is 2.82. The minimum Gasteiger partial charge on any atom is -0.384 e. The number of hydrogen-bond acceptors (Lipinski definition) is 2. The molecule has 4 heteroatoms. The number of nitrogens with zero attached hydrogens (tertiary/aromatic N) is 1. The molecule has 0 fully saturated rings. The van der Waals surface area contributed by atoms with E-state index in [0.29, 0.717) is 15.6 Å². The fourth-order valence-electron chi connectivity index (χ4n) is 2.34. The summed E-state index contributed by atoms with van der Waals surface area (Å²) in [6.07, 6.45) is -0.872. The van der Waals surface area contributed by atoms with E-state index in [9.17, 15) is 9.50 Å². The Bertz CT molecular complexity index is 799. The molecule has 1 atom stereocenters. The molecule has 0 spiro atoms. The van der Waals surface area contributed by atoms with Crippen LogP contribution in [-0.4, -0.2) is 10.1 Å². The quantitative estimate of drug-likeness (QED) is 0.740. The Morgan fingerprint density at radius 1 is 1.05 bits per heavy atom. The molecule has 106 valence electrons. The number of fused-ring (bicyclic) bond motifs is 1. The molecule has 0 aliphatic carbocycles. The molecular weight excluding hydrogens is 333 g/mol. The molecule has 2 aromatic carbocycles. The van der Waals surface area contributed by atoms with Crippen molar-refractivity contribution in [2.45, 2.75) is 13.0 Å². The van der Waals surface area contributed by atoms with Crippen molar-refractivity contribution < 1.29 is 9.50 Å². The number of halogens is 2. The average Bonchev–Trinajstić information content (AvgIpc) is 2.45. The highest BCUT2D eigenvalue weighted by molar-refractivity contribution is 9.10. The molecule has 1 N–H and O–H groups in total. The number of benzene rings is 2. The zero-order valence-corrected chi connectivity index (χ0v) is 12.9. The van der Waals surface area contributed by atoms with Gasteiger partial charge in [-0.15, -0.1) is 0 Å². The largest absolute Gasteiger partial charge is 0.384 e. The number of rotatable bonds is 2. The van der Waals surface area contributed by atoms with E-state index in [1.807, 2.05) is 37.3 Å². The van der Waals surface area contributed by atoms with Gasteiger partial charge in [-0.25, -0.2) is 4.39 Å². The van der Waals surface area contributed by atoms with E-state index in [1.165, 1.54) is 12.1 Å². The predicted molar refractivity (Wildman–Crippen MR) is 84.6 cm³/mol. The molecule has 0 saturated carbocycles. The molecule has 0 aliphatic rings. The van der Waals surface area contributed by atoms with Crippen molar-refractivity contribution in [3.63, 3.8) is 0 Å². The molecular formula is C17H13BrFNO. The van der Waals surface area contributed by atoms with Crippen LogP contribution in [0.25, 0.3) is 10.9 Å². The van der Waals surface area contributed by atoms with Gasteiger partial charge in [-0.3, -0.25) is 4.98 Å². The summed E-state index contributed by atoms with van der Waals surface area (Å²) in [5.74, 6) is -0.378. The number of aromatic nitrogens is 1. The first-order valence-corrected chi connectivity index (χ1v) is 7.33. The van der Waals surface area contributed by atoms with Crippen molar-refractivity contribution in [2.75, 3.05) is 0 Å². The smallest absolute Gasteiger partial charge is 0.124 e. The Hall–Kier alpha value is -1.78. The number of hydrogen-bond donors (Lipinski definition) is 1. The van der Waals surface area contributed by atoms with Crippen LogP contribution in [0.3, 0.4) is 0 Å². The predicted octanol–water partition coefficient (Wildman–Crippen LogP) is 4.53. The van der Waals surface area contributed by atoms with Crippen LogP contribution in [0.1, 0.15) is 22.9 Å². The van der Waals surface area contributed by atoms with Crippen LogP contribution in [-0.2, 0) is 0 Å². The number of aliphatic hydroxyl groups is 1. The first-order chi connectivity index (χ1) is 10.0. The summed E-state index contributed by atoms with van der Waals surface area (Å²) in [6.45, 7) is 1.94. The summed E-state index contributed by atoms with van der Waals surface area (Å²) >= 11 is 3.24. The maximum Gasteiger partial charge on any atom is 0.124 e. The third kappa shape index (κ3) is 2.96. The third-order valence-corrected chi connectivity index (χ3v) is 3.83. The first kappa shape index (κ1) is 14.2. The summed E-state index contributed by atoms with van der Waals surface area (Å²) in [4.78, 5) is 4.43. The molecule has 0 amide bonds. The number of pyridine rings is 1.